The maximum Gasteiger partial charge on any atom is 0.403 e. The van der Waals surface area contributed by atoms with Gasteiger partial charge in [-0.1, -0.05) is 0 Å². The Bertz CT molecular complexity index is 1150. The minimum absolute atomic E-state index is 0.0734. The average molecular weight is 823 g/mol. The minimum atomic E-state index is -5.54. The van der Waals surface area contributed by atoms with E-state index in [9.17, 15) is 57.8 Å². The first-order valence-corrected chi connectivity index (χ1v) is 19.6. The highest BCUT2D eigenvalue weighted by molar-refractivity contribution is 5.06. The van der Waals surface area contributed by atoms with Crippen molar-refractivity contribution >= 4 is 0 Å². The number of aliphatic hydroxyl groups is 1. The van der Waals surface area contributed by atoms with Gasteiger partial charge in [-0.3, -0.25) is 0 Å². The van der Waals surface area contributed by atoms with Gasteiger partial charge in [0.2, 0.25) is 0 Å². The van der Waals surface area contributed by atoms with Gasteiger partial charge in [0.1, 0.15) is 12.2 Å². The summed E-state index contributed by atoms with van der Waals surface area (Å²) in [7, 11) is 1.38. The van der Waals surface area contributed by atoms with E-state index in [2.05, 4.69) is 0 Å². The van der Waals surface area contributed by atoms with Crippen LogP contribution in [0.15, 0.2) is 0 Å². The number of alkyl halides is 12. The predicted octanol–water partition coefficient (Wildman–Crippen LogP) is 9.90. The van der Waals surface area contributed by atoms with Crippen molar-refractivity contribution < 1.29 is 81.5 Å². The van der Waals surface area contributed by atoms with Gasteiger partial charge in [-0.2, -0.15) is 52.7 Å². The van der Waals surface area contributed by atoms with Gasteiger partial charge in [0.15, 0.2) is 10.8 Å². The number of hydrogen-bond acceptors (Lipinski definition) is 6. The van der Waals surface area contributed by atoms with Crippen molar-refractivity contribution in [3.8, 4) is 0 Å². The Morgan fingerprint density at radius 1 is 0.473 bits per heavy atom. The molecule has 5 rings (SSSR count). The van der Waals surface area contributed by atoms with E-state index in [4.69, 9.17) is 23.7 Å². The van der Waals surface area contributed by atoms with Crippen molar-refractivity contribution in [2.45, 2.75) is 164 Å². The second kappa shape index (κ2) is 17.6. The summed E-state index contributed by atoms with van der Waals surface area (Å²) in [6.07, 6.45) is -28.3. The van der Waals surface area contributed by atoms with Crippen LogP contribution >= 0.6 is 0 Å². The molecule has 0 aromatic heterocycles. The van der Waals surface area contributed by atoms with Crippen LogP contribution in [-0.4, -0.2) is 100.0 Å². The van der Waals surface area contributed by atoms with Gasteiger partial charge < -0.3 is 28.8 Å². The van der Waals surface area contributed by atoms with Gasteiger partial charge in [-0.25, -0.2) is 0 Å². The number of epoxide rings is 1. The van der Waals surface area contributed by atoms with Gasteiger partial charge >= 0.3 is 24.7 Å². The summed E-state index contributed by atoms with van der Waals surface area (Å²) < 4.78 is 203. The van der Waals surface area contributed by atoms with Crippen LogP contribution in [0, 0.1) is 34.5 Å². The van der Waals surface area contributed by atoms with Crippen LogP contribution in [0.5, 0.6) is 0 Å². The first-order chi connectivity index (χ1) is 25.6. The smallest absolute Gasteiger partial charge is 0.388 e. The molecule has 4 saturated carbocycles. The highest BCUT2D eigenvalue weighted by atomic mass is 19.4. The molecule has 0 radical (unpaired) electrons. The number of methoxy groups -OCH3 is 1. The van der Waals surface area contributed by atoms with Crippen LogP contribution in [0.25, 0.3) is 0 Å². The highest BCUT2D eigenvalue weighted by Crippen LogP contribution is 2.66. The van der Waals surface area contributed by atoms with Crippen molar-refractivity contribution in [3.63, 3.8) is 0 Å². The number of aliphatic hydroxyl groups excluding tert-OH is 1. The number of halogens is 12. The van der Waals surface area contributed by atoms with Crippen LogP contribution in [0.2, 0.25) is 0 Å². The number of rotatable bonds is 14. The Morgan fingerprint density at radius 3 is 1.00 bits per heavy atom. The zero-order valence-corrected chi connectivity index (χ0v) is 30.9. The molecule has 5 fully saturated rings. The monoisotopic (exact) mass is 822 g/mol. The Hall–Kier alpha value is -1.08. The molecule has 55 heavy (non-hydrogen) atoms. The summed E-state index contributed by atoms with van der Waals surface area (Å²) in [5.41, 5.74) is -7.75. The fraction of sp³-hybridized carbons (Fsp3) is 1.00. The Morgan fingerprint density at radius 2 is 0.745 bits per heavy atom. The standard InChI is InChI=1S/C37H54F12O6/c1-51-27-10-2-22(3-11-27)32(34(38,39)40,35(41,42)43)23-4-12-28(13-5-23)52-18-26(50)19-53-29-14-6-24(7-15-29)33(36(44,45)46,37(47,48)49)25-8-16-30(17-9-25)54-20-31-21-55-31/h22-31,50H,2-21H2,1H3. The minimum Gasteiger partial charge on any atom is -0.388 e. The van der Waals surface area contributed by atoms with Gasteiger partial charge in [-0.15, -0.1) is 0 Å². The molecule has 6 nitrogen and oxygen atoms in total. The highest BCUT2D eigenvalue weighted by Gasteiger charge is 2.77. The molecule has 0 amide bonds. The van der Waals surface area contributed by atoms with Gasteiger partial charge in [-0.05, 0) is 126 Å². The number of ether oxygens (including phenoxy) is 5. The van der Waals surface area contributed by atoms with Gasteiger partial charge in [0.05, 0.1) is 50.8 Å². The maximum absolute atomic E-state index is 14.7. The normalized spacial score (nSPS) is 34.0. The molecule has 1 saturated heterocycles. The molecule has 2 unspecified atom stereocenters. The lowest BCUT2D eigenvalue weighted by Gasteiger charge is -2.51. The van der Waals surface area contributed by atoms with E-state index < -0.39 is 83.6 Å². The van der Waals surface area contributed by atoms with Crippen LogP contribution in [-0.2, 0) is 23.7 Å². The van der Waals surface area contributed by atoms with Gasteiger partial charge in [0.25, 0.3) is 0 Å². The summed E-state index contributed by atoms with van der Waals surface area (Å²) in [6, 6.07) is 0. The fourth-order valence-corrected chi connectivity index (χ4v) is 10.6. The van der Waals surface area contributed by atoms with E-state index >= 15 is 0 Å². The lowest BCUT2D eigenvalue weighted by Crippen LogP contribution is -2.61. The van der Waals surface area contributed by atoms with E-state index in [0.717, 1.165) is 0 Å². The second-order valence-electron chi connectivity index (χ2n) is 16.5. The Kier molecular flexibility index (Phi) is 14.4. The second-order valence-corrected chi connectivity index (χ2v) is 16.5. The molecule has 0 spiro atoms. The third kappa shape index (κ3) is 9.70. The van der Waals surface area contributed by atoms with Crippen molar-refractivity contribution in [1.82, 2.24) is 0 Å². The van der Waals surface area contributed by atoms with Gasteiger partial charge in [0, 0.05) is 7.11 Å². The van der Waals surface area contributed by atoms with Crippen molar-refractivity contribution in [2.75, 3.05) is 33.5 Å². The molecule has 2 atom stereocenters. The molecular formula is C37H54F12O6. The third-order valence-corrected chi connectivity index (χ3v) is 13.5. The van der Waals surface area contributed by atoms with Crippen molar-refractivity contribution in [2.24, 2.45) is 34.5 Å². The average Bonchev–Trinajstić information content (AvgIpc) is 3.94. The van der Waals surface area contributed by atoms with E-state index in [1.165, 1.54) is 7.11 Å². The molecule has 1 N–H and O–H groups in total. The van der Waals surface area contributed by atoms with E-state index in [1.54, 1.807) is 0 Å². The molecule has 4 aliphatic carbocycles. The quantitative estimate of drug-likeness (QED) is 0.139. The summed E-state index contributed by atoms with van der Waals surface area (Å²) >= 11 is 0. The first-order valence-electron chi connectivity index (χ1n) is 19.6. The number of hydrogen-bond donors (Lipinski definition) is 1. The third-order valence-electron chi connectivity index (χ3n) is 13.5. The maximum atomic E-state index is 14.7. The summed E-state index contributed by atoms with van der Waals surface area (Å²) in [6.45, 7) is 0.0614. The van der Waals surface area contributed by atoms with Crippen molar-refractivity contribution in [3.05, 3.63) is 0 Å². The zero-order chi connectivity index (χ0) is 40.5. The Labute approximate surface area is 313 Å². The topological polar surface area (TPSA) is 69.7 Å². The first kappa shape index (κ1) is 45.0. The van der Waals surface area contributed by atoms with E-state index in [-0.39, 0.29) is 135 Å². The Balaban J connectivity index is 1.10. The zero-order valence-electron chi connectivity index (χ0n) is 30.9. The molecule has 18 heteroatoms. The molecule has 5 aliphatic rings. The molecule has 322 valence electrons. The largest absolute Gasteiger partial charge is 0.403 e. The summed E-state index contributed by atoms with van der Waals surface area (Å²) in [5, 5.41) is 10.5. The van der Waals surface area contributed by atoms with Crippen LogP contribution in [0.4, 0.5) is 52.7 Å². The molecular weight excluding hydrogens is 768 g/mol. The summed E-state index contributed by atoms with van der Waals surface area (Å²) in [5.74, 6) is -6.71. The fourth-order valence-electron chi connectivity index (χ4n) is 10.6. The van der Waals surface area contributed by atoms with Crippen LogP contribution in [0.1, 0.15) is 103 Å². The van der Waals surface area contributed by atoms with E-state index in [1.807, 2.05) is 0 Å². The summed E-state index contributed by atoms with van der Waals surface area (Å²) in [4.78, 5) is 0. The lowest BCUT2D eigenvalue weighted by atomic mass is 9.57. The van der Waals surface area contributed by atoms with Crippen LogP contribution < -0.4 is 0 Å². The molecule has 1 heterocycles. The predicted molar refractivity (Wildman–Crippen MR) is 173 cm³/mol. The molecule has 0 aromatic rings. The lowest BCUT2D eigenvalue weighted by molar-refractivity contribution is -0.384. The van der Waals surface area contributed by atoms with Crippen LogP contribution in [0.3, 0.4) is 0 Å². The van der Waals surface area contributed by atoms with E-state index in [0.29, 0.717) is 6.61 Å². The molecule has 0 aromatic carbocycles. The molecule has 0 bridgehead atoms. The molecule has 1 aliphatic heterocycles. The van der Waals surface area contributed by atoms with Crippen molar-refractivity contribution in [1.29, 1.82) is 0 Å². The SMILES string of the molecule is COC1CCC(C(C2CCC(OCC(O)COC3CCC(C(C4CCC(OCC5CO5)CC4)(C(F)(F)F)C(F)(F)F)CC3)CC2)(C(F)(F)F)C(F)(F)F)CC1.